The van der Waals surface area contributed by atoms with Gasteiger partial charge in [-0.15, -0.1) is 0 Å². The molecule has 1 aliphatic heterocycles. The van der Waals surface area contributed by atoms with Crippen LogP contribution in [-0.4, -0.2) is 220 Å². The van der Waals surface area contributed by atoms with Crippen LogP contribution in [0.3, 0.4) is 0 Å². The van der Waals surface area contributed by atoms with Crippen LogP contribution in [0.15, 0.2) is 103 Å². The van der Waals surface area contributed by atoms with Gasteiger partial charge in [0.05, 0.1) is 32.4 Å². The molecule has 39 heteroatoms. The fraction of sp³-hybridized carbons (Fsp3) is 0.411. The summed E-state index contributed by atoms with van der Waals surface area (Å²) < 4.78 is 5.86. The Morgan fingerprint density at radius 3 is 1.76 bits per heavy atom. The lowest BCUT2D eigenvalue weighted by atomic mass is 10.0. The monoisotopic (exact) mass is 1560 g/mol. The van der Waals surface area contributed by atoms with Crippen LogP contribution < -0.4 is 64.2 Å². The summed E-state index contributed by atoms with van der Waals surface area (Å²) in [6, 6.07) is -3.36. The van der Waals surface area contributed by atoms with Crippen molar-refractivity contribution in [2.45, 2.75) is 171 Å². The number of aromatic hydroxyl groups is 1. The molecule has 0 unspecified atom stereocenters. The van der Waals surface area contributed by atoms with Crippen LogP contribution >= 0.6 is 0 Å². The second-order valence-corrected chi connectivity index (χ2v) is 26.6. The van der Waals surface area contributed by atoms with Gasteiger partial charge in [0.15, 0.2) is 6.10 Å². The second-order valence-electron chi connectivity index (χ2n) is 26.6. The molecule has 39 nitrogen and oxygen atoms in total. The second kappa shape index (κ2) is 42.6. The number of unbranched alkanes of at least 4 members (excludes halogenated alkanes) is 5. The Hall–Kier alpha value is -13.1. The Labute approximate surface area is 637 Å². The molecule has 12 amide bonds. The fourth-order valence-electron chi connectivity index (χ4n) is 11.6. The minimum absolute atomic E-state index is 0.0979. The quantitative estimate of drug-likeness (QED) is 0.0145. The van der Waals surface area contributed by atoms with Crippen molar-refractivity contribution in [2.75, 3.05) is 13.2 Å². The number of aromatic nitrogens is 2. The van der Waals surface area contributed by atoms with E-state index in [1.54, 1.807) is 48.5 Å². The Morgan fingerprint density at radius 1 is 0.607 bits per heavy atom. The maximum absolute atomic E-state index is 15.4. The first kappa shape index (κ1) is 87.8. The number of para-hydroxylation sites is 2. The molecule has 0 saturated carbocycles. The third-order valence-corrected chi connectivity index (χ3v) is 17.4. The number of esters is 1. The number of ether oxygens (including phenoxy) is 1. The molecule has 1 fully saturated rings. The van der Waals surface area contributed by atoms with Gasteiger partial charge in [-0.1, -0.05) is 101 Å². The zero-order valence-electron chi connectivity index (χ0n) is 60.9. The summed E-state index contributed by atoms with van der Waals surface area (Å²) in [5, 5.41) is 96.2. The molecule has 602 valence electrons. The highest BCUT2D eigenvalue weighted by molar-refractivity contribution is 6.05. The topological polar surface area (TPSA) is 631 Å². The number of phenols is 1. The van der Waals surface area contributed by atoms with Gasteiger partial charge < -0.3 is 115 Å². The van der Waals surface area contributed by atoms with Crippen molar-refractivity contribution in [1.29, 1.82) is 0 Å². The van der Waals surface area contributed by atoms with Gasteiger partial charge in [0, 0.05) is 52.6 Å². The summed E-state index contributed by atoms with van der Waals surface area (Å²) in [6.45, 7) is 2.78. The van der Waals surface area contributed by atoms with E-state index in [-0.39, 0.29) is 16.7 Å². The summed E-state index contributed by atoms with van der Waals surface area (Å²) in [5.74, 6) is -26.3. The molecule has 3 aromatic carbocycles. The van der Waals surface area contributed by atoms with Gasteiger partial charge in [0.1, 0.15) is 71.9 Å². The Balaban J connectivity index is 1.52. The molecule has 5 aromatic rings. The van der Waals surface area contributed by atoms with Gasteiger partial charge in [0.2, 0.25) is 70.9 Å². The number of aliphatic hydroxyl groups is 2. The van der Waals surface area contributed by atoms with Crippen molar-refractivity contribution in [3.8, 4) is 5.75 Å². The number of benzene rings is 3. The molecule has 0 spiro atoms. The number of hydrogen-bond donors (Lipinski definition) is 21. The van der Waals surface area contributed by atoms with Crippen LogP contribution in [0.25, 0.3) is 27.9 Å². The number of cyclic esters (lactones) is 1. The van der Waals surface area contributed by atoms with E-state index in [1.165, 1.54) is 18.5 Å². The number of phenolic OH excluding ortho intramolecular Hbond substituents is 1. The van der Waals surface area contributed by atoms with Crippen molar-refractivity contribution in [3.05, 3.63) is 120 Å². The van der Waals surface area contributed by atoms with Gasteiger partial charge in [-0.2, -0.15) is 0 Å². The molecule has 112 heavy (non-hydrogen) atoms. The van der Waals surface area contributed by atoms with Crippen molar-refractivity contribution >= 4 is 129 Å². The molecule has 0 aliphatic carbocycles. The average Bonchev–Trinajstić information content (AvgIpc) is 1.78. The number of fused-ring (bicyclic) bond motifs is 2. The Kier molecular flexibility index (Phi) is 33.4. The number of aliphatic carboxylic acids is 4. The van der Waals surface area contributed by atoms with Crippen molar-refractivity contribution in [3.63, 3.8) is 0 Å². The molecule has 1 saturated heterocycles. The summed E-state index contributed by atoms with van der Waals surface area (Å²) in [5.41, 5.74) is 5.35. The van der Waals surface area contributed by atoms with E-state index in [0.29, 0.717) is 40.6 Å². The summed E-state index contributed by atoms with van der Waals surface area (Å²) in [4.78, 5) is 241. The van der Waals surface area contributed by atoms with Gasteiger partial charge >= 0.3 is 29.8 Å². The van der Waals surface area contributed by atoms with Crippen molar-refractivity contribution in [1.82, 2.24) is 68.5 Å². The van der Waals surface area contributed by atoms with Crippen molar-refractivity contribution in [2.24, 2.45) is 11.7 Å². The number of nitrogens with two attached hydrogens (primary N) is 1. The van der Waals surface area contributed by atoms with Crippen LogP contribution in [0.2, 0.25) is 0 Å². The van der Waals surface area contributed by atoms with Crippen molar-refractivity contribution < 1.29 is 122 Å². The molecule has 3 heterocycles. The first-order valence-electron chi connectivity index (χ1n) is 35.4. The molecule has 11 atom stereocenters. The molecule has 0 bridgehead atoms. The standard InChI is InChI=1S/C73H90N14O25/c1-36(2)15-9-7-5-4-6-8-10-20-53(90)78-52(35-88)69(107)86-59-37(3)112-73(111)51(28-40-33-76-45-19-14-12-17-43(40)45)84-65(103)46(25-26-55(92)93)79-72(110)61(62(100)63(74)101)85-54(91)34-77-64(102)48(29-56(94)95)83-71(109)60(38-21-23-41(89)24-22-38)87-68(106)50(31-58(98)99)81-67(105)49(30-57(96)97)80-66(104)47(82-70(59)108)27-39-32-75-44-18-13-11-16-42(39)44/h10-14,16-24,28,32-33,36-37,46-50,52,59-62,75-76,88-89,100H,4-9,15,25-27,29-31,34-35H2,1-3H3,(H2,74,101)(H,77,102)(H,78,90)(H,79,110)(H,80,104)(H,81,105)(H,82,108)(H,83,109)(H,84,103)(H,85,91)(H,86,107)(H,87,106)(H,92,93)(H,94,95)(H,96,97)(H,98,99)/b20-10+,51-28-/t37-,46-,47-,48+,49+,50+,52+,59+,60-,61-,62+/m1/s1. The Bertz CT molecular complexity index is 4360. The van der Waals surface area contributed by atoms with E-state index in [4.69, 9.17) is 10.5 Å². The highest BCUT2D eigenvalue weighted by Gasteiger charge is 2.41. The van der Waals surface area contributed by atoms with Crippen LogP contribution in [0.1, 0.15) is 121 Å². The number of hydrogen-bond acceptors (Lipinski definition) is 21. The number of carboxylic acid groups (broad SMARTS) is 4. The number of rotatable bonds is 28. The minimum atomic E-state index is -2.73. The molecule has 22 N–H and O–H groups in total. The third kappa shape index (κ3) is 27.2. The van der Waals surface area contributed by atoms with E-state index in [1.807, 2.05) is 21.3 Å². The van der Waals surface area contributed by atoms with E-state index >= 15 is 14.4 Å². The van der Waals surface area contributed by atoms with Crippen LogP contribution in [0.4, 0.5) is 0 Å². The number of allylic oxidation sites excluding steroid dienone is 1. The molecular formula is C73H90N14O25. The highest BCUT2D eigenvalue weighted by atomic mass is 16.5. The smallest absolute Gasteiger partial charge is 0.355 e. The van der Waals surface area contributed by atoms with Gasteiger partial charge in [0.25, 0.3) is 0 Å². The lowest BCUT2D eigenvalue weighted by molar-refractivity contribution is -0.150. The summed E-state index contributed by atoms with van der Waals surface area (Å²) in [6.07, 6.45) is 1.08. The van der Waals surface area contributed by atoms with E-state index in [9.17, 15) is 103 Å². The maximum Gasteiger partial charge on any atom is 0.355 e. The largest absolute Gasteiger partial charge is 0.508 e. The number of carbonyl (C=O) groups excluding carboxylic acids is 13. The van der Waals surface area contributed by atoms with Gasteiger partial charge in [-0.05, 0) is 79.6 Å². The predicted molar refractivity (Wildman–Crippen MR) is 392 cm³/mol. The number of H-pyrrole nitrogens is 2. The zero-order valence-corrected chi connectivity index (χ0v) is 60.9. The third-order valence-electron chi connectivity index (χ3n) is 17.4. The van der Waals surface area contributed by atoms with Gasteiger partial charge in [-0.3, -0.25) is 76.7 Å². The van der Waals surface area contributed by atoms with E-state index in [0.717, 1.165) is 75.4 Å². The van der Waals surface area contributed by atoms with Crippen LogP contribution in [-0.2, 0) is 92.7 Å². The molecule has 2 aromatic heterocycles. The fourth-order valence-corrected chi connectivity index (χ4v) is 11.6. The van der Waals surface area contributed by atoms with E-state index in [2.05, 4.69) is 61.0 Å². The number of carboxylic acids is 4. The molecule has 0 radical (unpaired) electrons. The number of nitrogens with one attached hydrogen (secondary N) is 13. The first-order valence-corrected chi connectivity index (χ1v) is 35.4. The normalized spacial score (nSPS) is 21.6. The first-order chi connectivity index (χ1) is 53.1. The van der Waals surface area contributed by atoms with Crippen LogP contribution in [0.5, 0.6) is 5.75 Å². The van der Waals surface area contributed by atoms with Crippen LogP contribution in [0, 0.1) is 5.92 Å². The summed E-state index contributed by atoms with van der Waals surface area (Å²) >= 11 is 0. The number of aliphatic hydroxyl groups excluding tert-OH is 2. The lowest BCUT2D eigenvalue weighted by Crippen LogP contribution is -2.62. The average molecular weight is 1560 g/mol. The number of aromatic amines is 2. The van der Waals surface area contributed by atoms with Gasteiger partial charge in [-0.25, -0.2) is 4.79 Å². The summed E-state index contributed by atoms with van der Waals surface area (Å²) in [7, 11) is 0. The predicted octanol–water partition coefficient (Wildman–Crippen LogP) is -2.08. The molecular weight excluding hydrogens is 1470 g/mol. The van der Waals surface area contributed by atoms with E-state index < -0.39 is 230 Å². The number of primary amides is 1. The number of carbonyl (C=O) groups is 17. The number of amides is 12. The maximum atomic E-state index is 15.4. The lowest BCUT2D eigenvalue weighted by Gasteiger charge is -2.29. The highest BCUT2D eigenvalue weighted by Crippen LogP contribution is 2.24. The molecule has 1 aliphatic rings. The minimum Gasteiger partial charge on any atom is -0.508 e. The zero-order chi connectivity index (χ0) is 82.5. The SMILES string of the molecule is CC(C)CCCCCCC/C=C/C(=O)N[C@@H](CO)C(=O)N[C@@H]1C(=O)N[C@H](Cc2c[nH]c3ccccc23)C(=O)N[C@@H](CC(=O)O)C(=O)N[C@@H](CC(=O)O)C(=O)N[C@H](c2ccc(O)cc2)C(=O)N[C@@H](CC(=O)O)C(=O)NCC(=O)N[C@H]([C@H](O)C(N)=O)C(=O)N[C@H](CCC(=O)O)C(=O)N/C(=C\c2c[nH]c3ccccc23)C(=O)O[C@@H]1C. The molecule has 6 rings (SSSR count). The Morgan fingerprint density at radius 2 is 1.15 bits per heavy atom.